The molecule has 140 valence electrons. The third-order valence-corrected chi connectivity index (χ3v) is 6.20. The third kappa shape index (κ3) is 4.75. The summed E-state index contributed by atoms with van der Waals surface area (Å²) in [5, 5.41) is 0. The molecule has 0 aliphatic heterocycles. The monoisotopic (exact) mass is 352 g/mol. The zero-order valence-corrected chi connectivity index (χ0v) is 16.4. The Morgan fingerprint density at radius 3 is 2.23 bits per heavy atom. The SMILES string of the molecule is CCCCC[C@H]1CC[C@H](c2ccc(-c3ccc(CC)cc3)c(F)c2)CC1. The Balaban J connectivity index is 1.62. The first-order valence-corrected chi connectivity index (χ1v) is 10.6. The van der Waals surface area contributed by atoms with Gasteiger partial charge in [0, 0.05) is 5.56 Å². The summed E-state index contributed by atoms with van der Waals surface area (Å²) in [7, 11) is 0. The highest BCUT2D eigenvalue weighted by molar-refractivity contribution is 5.65. The van der Waals surface area contributed by atoms with Gasteiger partial charge in [-0.05, 0) is 66.7 Å². The second-order valence-corrected chi connectivity index (χ2v) is 8.00. The standard InChI is InChI=1S/C25H33F/c1-3-5-6-7-20-10-12-21(13-11-20)23-16-17-24(25(26)18-23)22-14-8-19(4-2)9-15-22/h8-9,14-18,20-21H,3-7,10-13H2,1-2H3/t20-,21-. The van der Waals surface area contributed by atoms with E-state index < -0.39 is 0 Å². The van der Waals surface area contributed by atoms with Crippen molar-refractivity contribution < 1.29 is 4.39 Å². The van der Waals surface area contributed by atoms with Crippen molar-refractivity contribution in [2.45, 2.75) is 77.6 Å². The van der Waals surface area contributed by atoms with Crippen molar-refractivity contribution in [1.29, 1.82) is 0 Å². The van der Waals surface area contributed by atoms with Gasteiger partial charge in [-0.25, -0.2) is 4.39 Å². The lowest BCUT2D eigenvalue weighted by molar-refractivity contribution is 0.302. The molecule has 0 N–H and O–H groups in total. The van der Waals surface area contributed by atoms with E-state index in [4.69, 9.17) is 0 Å². The molecule has 1 aliphatic rings. The van der Waals surface area contributed by atoms with E-state index >= 15 is 0 Å². The fourth-order valence-corrected chi connectivity index (χ4v) is 4.41. The molecule has 26 heavy (non-hydrogen) atoms. The van der Waals surface area contributed by atoms with Gasteiger partial charge in [0.1, 0.15) is 5.82 Å². The minimum absolute atomic E-state index is 0.0724. The Morgan fingerprint density at radius 2 is 1.62 bits per heavy atom. The van der Waals surface area contributed by atoms with Crippen molar-refractivity contribution in [2.24, 2.45) is 5.92 Å². The van der Waals surface area contributed by atoms with E-state index in [1.807, 2.05) is 18.2 Å². The van der Waals surface area contributed by atoms with Crippen LogP contribution in [-0.4, -0.2) is 0 Å². The molecular formula is C25H33F. The zero-order chi connectivity index (χ0) is 18.4. The Bertz CT molecular complexity index is 678. The van der Waals surface area contributed by atoms with E-state index in [1.165, 1.54) is 62.5 Å². The summed E-state index contributed by atoms with van der Waals surface area (Å²) < 4.78 is 14.8. The molecule has 1 heteroatoms. The van der Waals surface area contributed by atoms with Gasteiger partial charge in [-0.1, -0.05) is 75.9 Å². The number of hydrogen-bond acceptors (Lipinski definition) is 0. The minimum Gasteiger partial charge on any atom is -0.206 e. The molecule has 1 aliphatic carbocycles. The molecule has 0 radical (unpaired) electrons. The second kappa shape index (κ2) is 9.35. The smallest absolute Gasteiger partial charge is 0.131 e. The van der Waals surface area contributed by atoms with Gasteiger partial charge in [0.15, 0.2) is 0 Å². The molecule has 1 saturated carbocycles. The van der Waals surface area contributed by atoms with E-state index in [2.05, 4.69) is 32.0 Å². The van der Waals surface area contributed by atoms with Crippen LogP contribution in [0.2, 0.25) is 0 Å². The van der Waals surface area contributed by atoms with Gasteiger partial charge in [0.2, 0.25) is 0 Å². The molecule has 0 nitrogen and oxygen atoms in total. The lowest BCUT2D eigenvalue weighted by Gasteiger charge is -2.29. The number of benzene rings is 2. The van der Waals surface area contributed by atoms with Crippen molar-refractivity contribution in [2.75, 3.05) is 0 Å². The largest absolute Gasteiger partial charge is 0.206 e. The first kappa shape index (κ1) is 19.1. The van der Waals surface area contributed by atoms with Crippen molar-refractivity contribution in [3.63, 3.8) is 0 Å². The van der Waals surface area contributed by atoms with Crippen LogP contribution in [-0.2, 0) is 6.42 Å². The Morgan fingerprint density at radius 1 is 0.885 bits per heavy atom. The summed E-state index contributed by atoms with van der Waals surface area (Å²) in [6.07, 6.45) is 11.5. The van der Waals surface area contributed by atoms with E-state index in [0.717, 1.165) is 23.5 Å². The van der Waals surface area contributed by atoms with Crippen molar-refractivity contribution >= 4 is 0 Å². The number of unbranched alkanes of at least 4 members (excludes halogenated alkanes) is 2. The molecule has 0 atom stereocenters. The van der Waals surface area contributed by atoms with Gasteiger partial charge >= 0.3 is 0 Å². The fourth-order valence-electron chi connectivity index (χ4n) is 4.41. The van der Waals surface area contributed by atoms with Crippen LogP contribution in [0, 0.1) is 11.7 Å². The zero-order valence-electron chi connectivity index (χ0n) is 16.4. The van der Waals surface area contributed by atoms with Crippen molar-refractivity contribution in [1.82, 2.24) is 0 Å². The van der Waals surface area contributed by atoms with Crippen molar-refractivity contribution in [3.05, 3.63) is 59.4 Å². The van der Waals surface area contributed by atoms with Gasteiger partial charge in [0.25, 0.3) is 0 Å². The molecule has 0 saturated heterocycles. The maximum atomic E-state index is 14.8. The van der Waals surface area contributed by atoms with E-state index in [9.17, 15) is 4.39 Å². The number of halogens is 1. The van der Waals surface area contributed by atoms with E-state index in [-0.39, 0.29) is 5.82 Å². The van der Waals surface area contributed by atoms with Gasteiger partial charge < -0.3 is 0 Å². The maximum absolute atomic E-state index is 14.8. The molecule has 0 heterocycles. The summed E-state index contributed by atoms with van der Waals surface area (Å²) in [6, 6.07) is 14.2. The fraction of sp³-hybridized carbons (Fsp3) is 0.520. The summed E-state index contributed by atoms with van der Waals surface area (Å²) in [4.78, 5) is 0. The lowest BCUT2D eigenvalue weighted by atomic mass is 9.77. The number of hydrogen-bond donors (Lipinski definition) is 0. The van der Waals surface area contributed by atoms with Crippen LogP contribution in [0.1, 0.15) is 82.3 Å². The Hall–Kier alpha value is -1.63. The predicted octanol–water partition coefficient (Wildman–Crippen LogP) is 7.91. The Kier molecular flexibility index (Phi) is 6.88. The summed E-state index contributed by atoms with van der Waals surface area (Å²) in [6.45, 7) is 4.41. The van der Waals surface area contributed by atoms with E-state index in [1.54, 1.807) is 6.07 Å². The van der Waals surface area contributed by atoms with Gasteiger partial charge in [-0.3, -0.25) is 0 Å². The van der Waals surface area contributed by atoms with Crippen LogP contribution in [0.25, 0.3) is 11.1 Å². The molecule has 0 bridgehead atoms. The molecular weight excluding hydrogens is 319 g/mol. The van der Waals surface area contributed by atoms with Crippen LogP contribution in [0.3, 0.4) is 0 Å². The van der Waals surface area contributed by atoms with Crippen LogP contribution >= 0.6 is 0 Å². The van der Waals surface area contributed by atoms with Crippen LogP contribution in [0.15, 0.2) is 42.5 Å². The van der Waals surface area contributed by atoms with Gasteiger partial charge in [-0.2, -0.15) is 0 Å². The predicted molar refractivity (Wildman–Crippen MR) is 110 cm³/mol. The molecule has 0 amide bonds. The molecule has 1 fully saturated rings. The molecule has 0 spiro atoms. The third-order valence-electron chi connectivity index (χ3n) is 6.20. The summed E-state index contributed by atoms with van der Waals surface area (Å²) in [5.41, 5.74) is 4.19. The van der Waals surface area contributed by atoms with E-state index in [0.29, 0.717) is 5.92 Å². The number of rotatable bonds is 7. The van der Waals surface area contributed by atoms with Gasteiger partial charge in [-0.15, -0.1) is 0 Å². The molecule has 0 aromatic heterocycles. The van der Waals surface area contributed by atoms with Crippen LogP contribution < -0.4 is 0 Å². The lowest BCUT2D eigenvalue weighted by Crippen LogP contribution is -2.13. The summed E-state index contributed by atoms with van der Waals surface area (Å²) >= 11 is 0. The van der Waals surface area contributed by atoms with Crippen molar-refractivity contribution in [3.8, 4) is 11.1 Å². The average Bonchev–Trinajstić information content (AvgIpc) is 2.69. The van der Waals surface area contributed by atoms with Crippen LogP contribution in [0.4, 0.5) is 4.39 Å². The minimum atomic E-state index is -0.0724. The highest BCUT2D eigenvalue weighted by Crippen LogP contribution is 2.38. The molecule has 3 rings (SSSR count). The second-order valence-electron chi connectivity index (χ2n) is 8.00. The summed E-state index contributed by atoms with van der Waals surface area (Å²) in [5.74, 6) is 1.37. The highest BCUT2D eigenvalue weighted by Gasteiger charge is 2.22. The Labute approximate surface area is 158 Å². The molecule has 2 aromatic carbocycles. The highest BCUT2D eigenvalue weighted by atomic mass is 19.1. The first-order chi connectivity index (χ1) is 12.7. The van der Waals surface area contributed by atoms with Crippen LogP contribution in [0.5, 0.6) is 0 Å². The molecule has 2 aromatic rings. The average molecular weight is 353 g/mol. The van der Waals surface area contributed by atoms with Gasteiger partial charge in [0.05, 0.1) is 0 Å². The molecule has 0 unspecified atom stereocenters. The number of aryl methyl sites for hydroxylation is 1. The normalized spacial score (nSPS) is 20.3. The quantitative estimate of drug-likeness (QED) is 0.444. The maximum Gasteiger partial charge on any atom is 0.131 e. The topological polar surface area (TPSA) is 0 Å². The first-order valence-electron chi connectivity index (χ1n) is 10.6.